The molecule has 2 rings (SSSR count). The number of rotatable bonds is 3. The van der Waals surface area contributed by atoms with Gasteiger partial charge in [-0.1, -0.05) is 30.3 Å². The zero-order chi connectivity index (χ0) is 14.1. The molecule has 0 amide bonds. The molecule has 1 atom stereocenters. The number of cyclic esters (lactones) is 1. The lowest BCUT2D eigenvalue weighted by Crippen LogP contribution is -2.40. The number of benzene rings is 1. The van der Waals surface area contributed by atoms with Crippen molar-refractivity contribution in [3.8, 4) is 0 Å². The second kappa shape index (κ2) is 4.66. The Kier molecular flexibility index (Phi) is 3.32. The van der Waals surface area contributed by atoms with E-state index < -0.39 is 23.3 Å². The van der Waals surface area contributed by atoms with Gasteiger partial charge < -0.3 is 14.2 Å². The van der Waals surface area contributed by atoms with Crippen LogP contribution in [0.1, 0.15) is 26.3 Å². The van der Waals surface area contributed by atoms with Crippen molar-refractivity contribution >= 4 is 11.9 Å². The van der Waals surface area contributed by atoms with Crippen LogP contribution in [0, 0.1) is 0 Å². The SMILES string of the molecule is CC(=O)OC[C@]1(c2ccccc2)OC(C)(C)OC1=O. The summed E-state index contributed by atoms with van der Waals surface area (Å²) in [6, 6.07) is 8.88. The molecule has 5 nitrogen and oxygen atoms in total. The van der Waals surface area contributed by atoms with Gasteiger partial charge in [-0.05, 0) is 5.56 Å². The molecule has 1 heterocycles. The molecule has 0 aromatic heterocycles. The second-order valence-electron chi connectivity index (χ2n) is 4.86. The molecule has 0 N–H and O–H groups in total. The summed E-state index contributed by atoms with van der Waals surface area (Å²) < 4.78 is 15.9. The Morgan fingerprint density at radius 2 is 1.89 bits per heavy atom. The largest absolute Gasteiger partial charge is 0.462 e. The minimum absolute atomic E-state index is 0.200. The molecule has 0 bridgehead atoms. The average molecular weight is 264 g/mol. The molecule has 1 aliphatic rings. The van der Waals surface area contributed by atoms with Crippen molar-refractivity contribution in [1.82, 2.24) is 0 Å². The average Bonchev–Trinajstić information content (AvgIpc) is 2.58. The van der Waals surface area contributed by atoms with Crippen LogP contribution >= 0.6 is 0 Å². The Morgan fingerprint density at radius 3 is 2.37 bits per heavy atom. The molecule has 1 aliphatic heterocycles. The molecule has 102 valence electrons. The molecule has 0 radical (unpaired) electrons. The number of ether oxygens (including phenoxy) is 3. The van der Waals surface area contributed by atoms with Crippen LogP contribution in [-0.2, 0) is 29.4 Å². The maximum atomic E-state index is 12.2. The van der Waals surface area contributed by atoms with Gasteiger partial charge in [-0.15, -0.1) is 0 Å². The Bertz CT molecular complexity index is 494. The van der Waals surface area contributed by atoms with E-state index in [1.807, 2.05) is 6.07 Å². The summed E-state index contributed by atoms with van der Waals surface area (Å²) in [6.07, 6.45) is 0. The van der Waals surface area contributed by atoms with E-state index in [-0.39, 0.29) is 6.61 Å². The molecule has 1 aromatic rings. The lowest BCUT2D eigenvalue weighted by atomic mass is 9.95. The van der Waals surface area contributed by atoms with Crippen LogP contribution in [0.15, 0.2) is 30.3 Å². The smallest absolute Gasteiger partial charge is 0.349 e. The van der Waals surface area contributed by atoms with Gasteiger partial charge in [0.25, 0.3) is 0 Å². The van der Waals surface area contributed by atoms with E-state index in [4.69, 9.17) is 14.2 Å². The molecule has 19 heavy (non-hydrogen) atoms. The first-order chi connectivity index (χ1) is 8.86. The van der Waals surface area contributed by atoms with Gasteiger partial charge in [0.15, 0.2) is 0 Å². The highest BCUT2D eigenvalue weighted by molar-refractivity contribution is 5.84. The van der Waals surface area contributed by atoms with Crippen LogP contribution in [0.3, 0.4) is 0 Å². The third kappa shape index (κ3) is 2.61. The van der Waals surface area contributed by atoms with Crippen molar-refractivity contribution < 1.29 is 23.8 Å². The van der Waals surface area contributed by atoms with Crippen LogP contribution in [-0.4, -0.2) is 24.3 Å². The lowest BCUT2D eigenvalue weighted by molar-refractivity contribution is -0.181. The Balaban J connectivity index is 2.40. The van der Waals surface area contributed by atoms with E-state index >= 15 is 0 Å². The monoisotopic (exact) mass is 264 g/mol. The molecular weight excluding hydrogens is 248 g/mol. The van der Waals surface area contributed by atoms with Crippen LogP contribution < -0.4 is 0 Å². The Hall–Kier alpha value is -1.88. The number of esters is 2. The molecule has 1 fully saturated rings. The van der Waals surface area contributed by atoms with Crippen LogP contribution in [0.2, 0.25) is 0 Å². The van der Waals surface area contributed by atoms with Crippen molar-refractivity contribution in [2.75, 3.05) is 6.61 Å². The van der Waals surface area contributed by atoms with Crippen molar-refractivity contribution in [2.45, 2.75) is 32.2 Å². The van der Waals surface area contributed by atoms with E-state index in [0.717, 1.165) is 0 Å². The van der Waals surface area contributed by atoms with E-state index in [1.165, 1.54) is 6.92 Å². The molecule has 1 aromatic carbocycles. The summed E-state index contributed by atoms with van der Waals surface area (Å²) in [5.74, 6) is -2.08. The van der Waals surface area contributed by atoms with E-state index in [1.54, 1.807) is 38.1 Å². The highest BCUT2D eigenvalue weighted by Gasteiger charge is 2.56. The maximum Gasteiger partial charge on any atom is 0.349 e. The van der Waals surface area contributed by atoms with Crippen molar-refractivity contribution in [3.05, 3.63) is 35.9 Å². The van der Waals surface area contributed by atoms with Gasteiger partial charge in [0.2, 0.25) is 11.4 Å². The first-order valence-electron chi connectivity index (χ1n) is 5.98. The van der Waals surface area contributed by atoms with Crippen molar-refractivity contribution in [1.29, 1.82) is 0 Å². The normalized spacial score (nSPS) is 24.9. The number of carbonyl (C=O) groups is 2. The zero-order valence-corrected chi connectivity index (χ0v) is 11.1. The van der Waals surface area contributed by atoms with Gasteiger partial charge in [-0.2, -0.15) is 0 Å². The lowest BCUT2D eigenvalue weighted by Gasteiger charge is -2.26. The van der Waals surface area contributed by atoms with Gasteiger partial charge in [0.05, 0.1) is 0 Å². The summed E-state index contributed by atoms with van der Waals surface area (Å²) in [4.78, 5) is 23.2. The topological polar surface area (TPSA) is 61.8 Å². The molecule has 0 saturated carbocycles. The fraction of sp³-hybridized carbons (Fsp3) is 0.429. The summed E-state index contributed by atoms with van der Waals surface area (Å²) in [5.41, 5.74) is -0.789. The maximum absolute atomic E-state index is 12.2. The number of carbonyl (C=O) groups excluding carboxylic acids is 2. The fourth-order valence-corrected chi connectivity index (χ4v) is 2.05. The predicted octanol–water partition coefficient (Wildman–Crippen LogP) is 1.75. The molecule has 1 saturated heterocycles. The van der Waals surface area contributed by atoms with Crippen molar-refractivity contribution in [2.24, 2.45) is 0 Å². The Morgan fingerprint density at radius 1 is 1.26 bits per heavy atom. The van der Waals surface area contributed by atoms with Crippen LogP contribution in [0.4, 0.5) is 0 Å². The third-order valence-electron chi connectivity index (χ3n) is 2.81. The first-order valence-corrected chi connectivity index (χ1v) is 5.98. The molecule has 0 aliphatic carbocycles. The van der Waals surface area contributed by atoms with E-state index in [2.05, 4.69) is 0 Å². The van der Waals surface area contributed by atoms with Gasteiger partial charge in [-0.3, -0.25) is 4.79 Å². The highest BCUT2D eigenvalue weighted by atomic mass is 16.8. The van der Waals surface area contributed by atoms with Gasteiger partial charge >= 0.3 is 11.9 Å². The minimum Gasteiger partial charge on any atom is -0.462 e. The van der Waals surface area contributed by atoms with E-state index in [0.29, 0.717) is 5.56 Å². The van der Waals surface area contributed by atoms with Crippen LogP contribution in [0.5, 0.6) is 0 Å². The van der Waals surface area contributed by atoms with Gasteiger partial charge in [0.1, 0.15) is 6.61 Å². The standard InChI is InChI=1S/C14H16O5/c1-10(15)17-9-14(11-7-5-4-6-8-11)12(16)18-13(2,3)19-14/h4-8H,9H2,1-3H3/t14-/m1/s1. The number of hydrogen-bond donors (Lipinski definition) is 0. The molecule has 5 heteroatoms. The molecule has 0 unspecified atom stereocenters. The second-order valence-corrected chi connectivity index (χ2v) is 4.86. The zero-order valence-electron chi connectivity index (χ0n) is 11.1. The van der Waals surface area contributed by atoms with E-state index in [9.17, 15) is 9.59 Å². The molecular formula is C14H16O5. The van der Waals surface area contributed by atoms with Crippen molar-refractivity contribution in [3.63, 3.8) is 0 Å². The first kappa shape index (κ1) is 13.5. The predicted molar refractivity (Wildman–Crippen MR) is 66.0 cm³/mol. The third-order valence-corrected chi connectivity index (χ3v) is 2.81. The minimum atomic E-state index is -1.39. The van der Waals surface area contributed by atoms with Gasteiger partial charge in [0, 0.05) is 20.8 Å². The fourth-order valence-electron chi connectivity index (χ4n) is 2.05. The van der Waals surface area contributed by atoms with Gasteiger partial charge in [-0.25, -0.2) is 4.79 Å². The summed E-state index contributed by atoms with van der Waals surface area (Å²) in [7, 11) is 0. The Labute approximate surface area is 111 Å². The quantitative estimate of drug-likeness (QED) is 0.778. The summed E-state index contributed by atoms with van der Waals surface area (Å²) in [6.45, 7) is 4.37. The highest BCUT2D eigenvalue weighted by Crippen LogP contribution is 2.40. The number of hydrogen-bond acceptors (Lipinski definition) is 5. The van der Waals surface area contributed by atoms with Crippen LogP contribution in [0.25, 0.3) is 0 Å². The summed E-state index contributed by atoms with van der Waals surface area (Å²) >= 11 is 0. The molecule has 0 spiro atoms. The summed E-state index contributed by atoms with van der Waals surface area (Å²) in [5, 5.41) is 0.